The number of aryl methyl sites for hydroxylation is 3. The van der Waals surface area contributed by atoms with Crippen LogP contribution in [0.3, 0.4) is 0 Å². The van der Waals surface area contributed by atoms with E-state index in [-0.39, 0.29) is 11.3 Å². The predicted octanol–water partition coefficient (Wildman–Crippen LogP) is 3.73. The van der Waals surface area contributed by atoms with E-state index in [9.17, 15) is 0 Å². The van der Waals surface area contributed by atoms with Crippen LogP contribution in [0.25, 0.3) is 0 Å². The highest BCUT2D eigenvalue weighted by Crippen LogP contribution is 2.26. The molecule has 0 aliphatic carbocycles. The zero-order valence-corrected chi connectivity index (χ0v) is 12.8. The molecule has 0 aliphatic heterocycles. The molecule has 0 aromatic heterocycles. The number of amidine groups is 1. The highest BCUT2D eigenvalue weighted by molar-refractivity contribution is 5.82. The lowest BCUT2D eigenvalue weighted by molar-refractivity contribution is 0.283. The highest BCUT2D eigenvalue weighted by atomic mass is 16.5. The Morgan fingerprint density at radius 3 is 2.21 bits per heavy atom. The topological polar surface area (TPSA) is 59.1 Å². The van der Waals surface area contributed by atoms with Crippen LogP contribution in [0.2, 0.25) is 0 Å². The lowest BCUT2D eigenvalue weighted by atomic mass is 9.87. The number of hydrogen-bond donors (Lipinski definition) is 2. The lowest BCUT2D eigenvalue weighted by Crippen LogP contribution is -2.31. The van der Waals surface area contributed by atoms with E-state index in [4.69, 9.17) is 15.9 Å². The molecule has 0 fully saturated rings. The van der Waals surface area contributed by atoms with E-state index >= 15 is 0 Å². The van der Waals surface area contributed by atoms with Crippen molar-refractivity contribution in [3.05, 3.63) is 28.8 Å². The Kier molecular flexibility index (Phi) is 4.98. The third-order valence-electron chi connectivity index (χ3n) is 3.53. The molecule has 3 nitrogen and oxygen atoms in total. The van der Waals surface area contributed by atoms with Crippen molar-refractivity contribution in [1.29, 1.82) is 5.41 Å². The molecule has 0 spiro atoms. The van der Waals surface area contributed by atoms with Gasteiger partial charge in [-0.05, 0) is 44.7 Å². The van der Waals surface area contributed by atoms with Crippen molar-refractivity contribution in [3.8, 4) is 5.75 Å². The van der Waals surface area contributed by atoms with Crippen molar-refractivity contribution in [2.75, 3.05) is 6.61 Å². The quantitative estimate of drug-likeness (QED) is 0.466. The molecular weight excluding hydrogens is 236 g/mol. The summed E-state index contributed by atoms with van der Waals surface area (Å²) in [4.78, 5) is 0. The van der Waals surface area contributed by atoms with Gasteiger partial charge in [-0.1, -0.05) is 31.5 Å². The van der Waals surface area contributed by atoms with Crippen LogP contribution in [0.1, 0.15) is 43.4 Å². The van der Waals surface area contributed by atoms with Crippen molar-refractivity contribution < 1.29 is 4.74 Å². The molecule has 106 valence electrons. The molecule has 0 saturated heterocycles. The first-order valence-electron chi connectivity index (χ1n) is 6.79. The summed E-state index contributed by atoms with van der Waals surface area (Å²) in [6.07, 6.45) is 1.77. The van der Waals surface area contributed by atoms with Crippen LogP contribution in [-0.2, 0) is 0 Å². The van der Waals surface area contributed by atoms with Crippen LogP contribution in [-0.4, -0.2) is 12.4 Å². The summed E-state index contributed by atoms with van der Waals surface area (Å²) in [5, 5.41) is 7.53. The molecular formula is C16H26N2O. The zero-order chi connectivity index (χ0) is 14.6. The van der Waals surface area contributed by atoms with E-state index in [1.165, 1.54) is 16.7 Å². The van der Waals surface area contributed by atoms with Gasteiger partial charge in [0.15, 0.2) is 0 Å². The molecule has 3 N–H and O–H groups in total. The second-order valence-electron chi connectivity index (χ2n) is 5.98. The van der Waals surface area contributed by atoms with E-state index in [0.29, 0.717) is 6.61 Å². The largest absolute Gasteiger partial charge is 0.493 e. The second kappa shape index (κ2) is 6.09. The molecule has 0 bridgehead atoms. The summed E-state index contributed by atoms with van der Waals surface area (Å²) in [7, 11) is 0. The SMILES string of the molecule is Cc1cc(C)c(OCCCC(C)(C)C(=N)N)c(C)c1. The number of hydrogen-bond acceptors (Lipinski definition) is 2. The molecule has 0 radical (unpaired) electrons. The summed E-state index contributed by atoms with van der Waals surface area (Å²) in [5.41, 5.74) is 8.97. The normalized spacial score (nSPS) is 11.4. The third-order valence-corrected chi connectivity index (χ3v) is 3.53. The van der Waals surface area contributed by atoms with Crippen LogP contribution in [0.4, 0.5) is 0 Å². The molecule has 0 heterocycles. The Morgan fingerprint density at radius 2 is 1.74 bits per heavy atom. The van der Waals surface area contributed by atoms with Gasteiger partial charge in [0.1, 0.15) is 5.75 Å². The molecule has 1 aromatic rings. The van der Waals surface area contributed by atoms with Crippen LogP contribution in [0.15, 0.2) is 12.1 Å². The number of nitrogens with one attached hydrogen (secondary N) is 1. The van der Waals surface area contributed by atoms with Crippen molar-refractivity contribution in [2.24, 2.45) is 11.1 Å². The summed E-state index contributed by atoms with van der Waals surface area (Å²) in [6.45, 7) is 10.9. The fraction of sp³-hybridized carbons (Fsp3) is 0.562. The van der Waals surface area contributed by atoms with E-state index < -0.39 is 0 Å². The molecule has 1 aromatic carbocycles. The molecule has 0 unspecified atom stereocenters. The zero-order valence-electron chi connectivity index (χ0n) is 12.8. The maximum atomic E-state index is 7.53. The van der Waals surface area contributed by atoms with Gasteiger partial charge in [0.25, 0.3) is 0 Å². The molecule has 0 atom stereocenters. The predicted molar refractivity (Wildman–Crippen MR) is 81.1 cm³/mol. The summed E-state index contributed by atoms with van der Waals surface area (Å²) < 4.78 is 5.89. The average molecular weight is 262 g/mol. The molecule has 1 rings (SSSR count). The van der Waals surface area contributed by atoms with Gasteiger partial charge in [-0.25, -0.2) is 0 Å². The van der Waals surface area contributed by atoms with Crippen molar-refractivity contribution in [1.82, 2.24) is 0 Å². The lowest BCUT2D eigenvalue weighted by Gasteiger charge is -2.23. The monoisotopic (exact) mass is 262 g/mol. The molecule has 19 heavy (non-hydrogen) atoms. The van der Waals surface area contributed by atoms with Gasteiger partial charge in [0.2, 0.25) is 0 Å². The maximum Gasteiger partial charge on any atom is 0.125 e. The first-order valence-corrected chi connectivity index (χ1v) is 6.79. The third kappa shape index (κ3) is 4.27. The van der Waals surface area contributed by atoms with Crippen molar-refractivity contribution in [3.63, 3.8) is 0 Å². The average Bonchev–Trinajstić information content (AvgIpc) is 2.26. The molecule has 0 amide bonds. The first kappa shape index (κ1) is 15.5. The Hall–Kier alpha value is -1.51. The Morgan fingerprint density at radius 1 is 1.21 bits per heavy atom. The van der Waals surface area contributed by atoms with Crippen LogP contribution in [0, 0.1) is 31.6 Å². The number of nitrogens with two attached hydrogens (primary N) is 1. The minimum Gasteiger partial charge on any atom is -0.493 e. The van der Waals surface area contributed by atoms with Gasteiger partial charge < -0.3 is 10.5 Å². The number of rotatable bonds is 6. The fourth-order valence-electron chi connectivity index (χ4n) is 2.22. The first-order chi connectivity index (χ1) is 8.74. The van der Waals surface area contributed by atoms with Gasteiger partial charge >= 0.3 is 0 Å². The fourth-order valence-corrected chi connectivity index (χ4v) is 2.22. The number of benzene rings is 1. The molecule has 3 heteroatoms. The smallest absolute Gasteiger partial charge is 0.125 e. The molecule has 0 aliphatic rings. The Balaban J connectivity index is 2.53. The minimum absolute atomic E-state index is 0.235. The second-order valence-corrected chi connectivity index (χ2v) is 5.98. The van der Waals surface area contributed by atoms with Crippen LogP contribution in [0.5, 0.6) is 5.75 Å². The van der Waals surface area contributed by atoms with Crippen LogP contribution < -0.4 is 10.5 Å². The summed E-state index contributed by atoms with van der Waals surface area (Å²) >= 11 is 0. The van der Waals surface area contributed by atoms with Gasteiger partial charge in [0.05, 0.1) is 12.4 Å². The van der Waals surface area contributed by atoms with Crippen molar-refractivity contribution in [2.45, 2.75) is 47.5 Å². The van der Waals surface area contributed by atoms with Gasteiger partial charge in [-0.3, -0.25) is 5.41 Å². The standard InChI is InChI=1S/C16H26N2O/c1-11-9-12(2)14(13(3)10-11)19-8-6-7-16(4,5)15(17)18/h9-10H,6-8H2,1-5H3,(H3,17,18). The highest BCUT2D eigenvalue weighted by Gasteiger charge is 2.20. The van der Waals surface area contributed by atoms with Gasteiger partial charge in [-0.15, -0.1) is 0 Å². The summed E-state index contributed by atoms with van der Waals surface area (Å²) in [6, 6.07) is 4.28. The van der Waals surface area contributed by atoms with E-state index in [2.05, 4.69) is 32.9 Å². The van der Waals surface area contributed by atoms with E-state index in [1.54, 1.807) is 0 Å². The Bertz CT molecular complexity index is 441. The van der Waals surface area contributed by atoms with E-state index in [0.717, 1.165) is 18.6 Å². The van der Waals surface area contributed by atoms with Gasteiger partial charge in [0, 0.05) is 5.41 Å². The van der Waals surface area contributed by atoms with Gasteiger partial charge in [-0.2, -0.15) is 0 Å². The maximum absolute atomic E-state index is 7.53. The number of ether oxygens (including phenoxy) is 1. The minimum atomic E-state index is -0.235. The molecule has 0 saturated carbocycles. The Labute approximate surface area is 116 Å². The summed E-state index contributed by atoms with van der Waals surface area (Å²) in [5.74, 6) is 1.24. The van der Waals surface area contributed by atoms with Crippen molar-refractivity contribution >= 4 is 5.84 Å². The van der Waals surface area contributed by atoms with E-state index in [1.807, 2.05) is 13.8 Å². The van der Waals surface area contributed by atoms with Crippen LogP contribution >= 0.6 is 0 Å².